The molecule has 40 heavy (non-hydrogen) atoms. The average Bonchev–Trinajstić information content (AvgIpc) is 3.28. The minimum absolute atomic E-state index is 0.579. The normalized spacial score (nSPS) is 20.6. The minimum Gasteiger partial charge on any atom is -0.0616 e. The molecule has 0 unspecified atom stereocenters. The highest BCUT2D eigenvalue weighted by Crippen LogP contribution is 2.46. The molecule has 0 bridgehead atoms. The van der Waals surface area contributed by atoms with Crippen LogP contribution in [0.2, 0.25) is 0 Å². The summed E-state index contributed by atoms with van der Waals surface area (Å²) < 4.78 is 232. The van der Waals surface area contributed by atoms with Gasteiger partial charge in [-0.05, 0) is 88.6 Å². The van der Waals surface area contributed by atoms with E-state index in [4.69, 9.17) is 21.9 Å². The highest BCUT2D eigenvalue weighted by atomic mass is 14.2. The maximum absolute atomic E-state index is 9.43. The molecule has 0 atom stereocenters. The van der Waals surface area contributed by atoms with Crippen LogP contribution in [0.5, 0.6) is 0 Å². The highest BCUT2D eigenvalue weighted by Gasteiger charge is 2.18. The van der Waals surface area contributed by atoms with Gasteiger partial charge in [-0.1, -0.05) is 145 Å². The van der Waals surface area contributed by atoms with Gasteiger partial charge in [0, 0.05) is 0 Å². The number of hydrogen-bond donors (Lipinski definition) is 0. The molecule has 186 valence electrons. The van der Waals surface area contributed by atoms with Crippen LogP contribution in [0, 0.1) is 0 Å². The van der Waals surface area contributed by atoms with Gasteiger partial charge in [-0.15, -0.1) is 0 Å². The molecule has 0 aliphatic rings. The Morgan fingerprint density at radius 2 is 0.700 bits per heavy atom. The Hall–Kier alpha value is -5.20. The quantitative estimate of drug-likeness (QED) is 0.198. The molecule has 0 radical (unpaired) electrons. The standard InChI is InChI=1S/C40H26/c1-3-13-29-25-31(23-21-27(29)11-1)33-15-5-6-16-34(33)40-37-19-9-7-17-35(37)39(36-18-8-10-20-38(36)40)32-24-22-28-12-2-4-14-30(28)26-32/h1-26H/i1D,2D,3D,4D,5D,6D,7D,8D,9D,10D,11D,12D,13D,14D,15D,16D,17D,18D,19D,20D,21D,22D,23D,24D,25D,26D. The third-order valence-corrected chi connectivity index (χ3v) is 6.31. The van der Waals surface area contributed by atoms with Gasteiger partial charge in [0.15, 0.2) is 0 Å². The van der Waals surface area contributed by atoms with Gasteiger partial charge in [-0.2, -0.15) is 0 Å². The van der Waals surface area contributed by atoms with E-state index in [0.29, 0.717) is 0 Å². The van der Waals surface area contributed by atoms with Crippen molar-refractivity contribution in [1.29, 1.82) is 0 Å². The lowest BCUT2D eigenvalue weighted by molar-refractivity contribution is 1.62. The molecular weight excluding hydrogens is 480 g/mol. The molecule has 0 heteroatoms. The Morgan fingerprint density at radius 3 is 1.27 bits per heavy atom. The second kappa shape index (κ2) is 9.22. The van der Waals surface area contributed by atoms with E-state index in [2.05, 4.69) is 0 Å². The van der Waals surface area contributed by atoms with Gasteiger partial charge in [-0.3, -0.25) is 0 Å². The number of hydrogen-bond acceptors (Lipinski definition) is 0. The van der Waals surface area contributed by atoms with Crippen LogP contribution in [0.15, 0.2) is 157 Å². The van der Waals surface area contributed by atoms with Crippen molar-refractivity contribution in [1.82, 2.24) is 0 Å². The molecular formula is C40H26. The van der Waals surface area contributed by atoms with Gasteiger partial charge in [0.25, 0.3) is 0 Å². The maximum Gasteiger partial charge on any atom is 0.0636 e. The van der Waals surface area contributed by atoms with Crippen LogP contribution >= 0.6 is 0 Å². The monoisotopic (exact) mass is 532 g/mol. The largest absolute Gasteiger partial charge is 0.0636 e. The third-order valence-electron chi connectivity index (χ3n) is 6.31. The van der Waals surface area contributed by atoms with E-state index in [-0.39, 0.29) is 0 Å². The van der Waals surface area contributed by atoms with Gasteiger partial charge in [0.1, 0.15) is 0 Å². The second-order valence-electron chi connectivity index (χ2n) is 8.50. The van der Waals surface area contributed by atoms with E-state index >= 15 is 0 Å². The number of benzene rings is 8. The van der Waals surface area contributed by atoms with Gasteiger partial charge in [-0.25, -0.2) is 0 Å². The topological polar surface area (TPSA) is 0 Å². The SMILES string of the molecule is [2H]c1c([2H])c([2H])c(-c2c3c([2H])c([2H])c([2H])c([2H])c3c(-c3c([2H])c([2H])c4c([2H])c([2H])c([2H])c([2H])c4c3[2H])c3c([2H])c([2H])c([2H])c([2H])c23)c(-c2c([2H])c([2H])c3c([2H])c([2H])c([2H])c([2H])c3c2[2H])c1[2H]. The fraction of sp³-hybridized carbons (Fsp3) is 0. The molecule has 0 fully saturated rings. The summed E-state index contributed by atoms with van der Waals surface area (Å²) in [5.41, 5.74) is -4.83. The zero-order chi connectivity index (χ0) is 49.1. The molecule has 0 amide bonds. The molecule has 0 saturated carbocycles. The zero-order valence-corrected chi connectivity index (χ0v) is 20.0. The maximum atomic E-state index is 9.43. The summed E-state index contributed by atoms with van der Waals surface area (Å²) in [4.78, 5) is 0. The summed E-state index contributed by atoms with van der Waals surface area (Å²) in [6.45, 7) is 0. The van der Waals surface area contributed by atoms with E-state index in [1.807, 2.05) is 0 Å². The lowest BCUT2D eigenvalue weighted by Gasteiger charge is -2.20. The van der Waals surface area contributed by atoms with Crippen molar-refractivity contribution < 1.29 is 35.6 Å². The summed E-state index contributed by atoms with van der Waals surface area (Å²) >= 11 is 0. The third kappa shape index (κ3) is 3.61. The molecule has 0 N–H and O–H groups in total. The van der Waals surface area contributed by atoms with Crippen LogP contribution < -0.4 is 0 Å². The first-order valence-corrected chi connectivity index (χ1v) is 11.8. The molecule has 0 aliphatic carbocycles. The Kier molecular flexibility index (Phi) is 1.99. The predicted molar refractivity (Wildman–Crippen MR) is 173 cm³/mol. The smallest absolute Gasteiger partial charge is 0.0616 e. The summed E-state index contributed by atoms with van der Waals surface area (Å²) in [5.74, 6) is 0. The lowest BCUT2D eigenvalue weighted by Crippen LogP contribution is -1.92. The first-order chi connectivity index (χ1) is 30.7. The Bertz CT molecular complexity index is 3570. The van der Waals surface area contributed by atoms with Gasteiger partial charge in [0.2, 0.25) is 0 Å². The molecule has 0 aromatic heterocycles. The summed E-state index contributed by atoms with van der Waals surface area (Å²) in [6, 6.07) is -24.5. The molecule has 0 spiro atoms. The van der Waals surface area contributed by atoms with Gasteiger partial charge in [0.05, 0.1) is 35.6 Å². The minimum atomic E-state index is -1.07. The molecule has 8 rings (SSSR count). The molecule has 0 nitrogen and oxygen atoms in total. The summed E-state index contributed by atoms with van der Waals surface area (Å²) in [7, 11) is 0. The lowest BCUT2D eigenvalue weighted by atomic mass is 9.83. The van der Waals surface area contributed by atoms with E-state index < -0.39 is 234 Å². The van der Waals surface area contributed by atoms with Crippen molar-refractivity contribution >= 4 is 43.1 Å². The number of rotatable bonds is 3. The van der Waals surface area contributed by atoms with Crippen LogP contribution in [0.3, 0.4) is 0 Å². The van der Waals surface area contributed by atoms with Gasteiger partial charge >= 0.3 is 0 Å². The molecule has 0 saturated heterocycles. The predicted octanol–water partition coefficient (Wildman–Crippen LogP) is 11.3. The highest BCUT2D eigenvalue weighted by molar-refractivity contribution is 6.22. The zero-order valence-electron chi connectivity index (χ0n) is 46.0. The van der Waals surface area contributed by atoms with Crippen molar-refractivity contribution in [3.05, 3.63) is 157 Å². The van der Waals surface area contributed by atoms with Crippen molar-refractivity contribution in [2.24, 2.45) is 0 Å². The van der Waals surface area contributed by atoms with Crippen molar-refractivity contribution in [3.8, 4) is 33.4 Å². The Balaban J connectivity index is 1.78. The first-order valence-electron chi connectivity index (χ1n) is 24.8. The average molecular weight is 533 g/mol. The Morgan fingerprint density at radius 1 is 0.300 bits per heavy atom. The molecule has 0 aliphatic heterocycles. The summed E-state index contributed by atoms with van der Waals surface area (Å²) in [5, 5.41) is -5.48. The molecule has 8 aromatic rings. The van der Waals surface area contributed by atoms with Crippen LogP contribution in [0.4, 0.5) is 0 Å². The first kappa shape index (κ1) is 8.65. The Labute approximate surface area is 270 Å². The summed E-state index contributed by atoms with van der Waals surface area (Å²) in [6.07, 6.45) is 0. The van der Waals surface area contributed by atoms with E-state index in [1.165, 1.54) is 0 Å². The van der Waals surface area contributed by atoms with Crippen molar-refractivity contribution in [3.63, 3.8) is 0 Å². The van der Waals surface area contributed by atoms with Crippen LogP contribution in [-0.2, 0) is 0 Å². The number of fused-ring (bicyclic) bond motifs is 4. The second-order valence-corrected chi connectivity index (χ2v) is 8.50. The molecule has 0 heterocycles. The van der Waals surface area contributed by atoms with E-state index in [9.17, 15) is 13.7 Å². The molecule has 8 aromatic carbocycles. The van der Waals surface area contributed by atoms with Crippen LogP contribution in [0.1, 0.15) is 35.6 Å². The van der Waals surface area contributed by atoms with Crippen LogP contribution in [0.25, 0.3) is 76.5 Å². The van der Waals surface area contributed by atoms with Crippen LogP contribution in [-0.4, -0.2) is 0 Å². The van der Waals surface area contributed by atoms with Gasteiger partial charge < -0.3 is 0 Å². The van der Waals surface area contributed by atoms with Crippen molar-refractivity contribution in [2.45, 2.75) is 0 Å². The van der Waals surface area contributed by atoms with E-state index in [1.54, 1.807) is 0 Å². The fourth-order valence-electron chi connectivity index (χ4n) is 4.62. The fourth-order valence-corrected chi connectivity index (χ4v) is 4.62. The van der Waals surface area contributed by atoms with Crippen molar-refractivity contribution in [2.75, 3.05) is 0 Å². The van der Waals surface area contributed by atoms with E-state index in [0.717, 1.165) is 0 Å².